The first kappa shape index (κ1) is 19.5. The average Bonchev–Trinajstić information content (AvgIpc) is 3.40. The molecule has 0 radical (unpaired) electrons. The van der Waals surface area contributed by atoms with Gasteiger partial charge in [-0.1, -0.05) is 42.4 Å². The molecule has 152 valence electrons. The van der Waals surface area contributed by atoms with E-state index in [9.17, 15) is 4.79 Å². The number of furan rings is 1. The summed E-state index contributed by atoms with van der Waals surface area (Å²) < 4.78 is 11.3. The van der Waals surface area contributed by atoms with Gasteiger partial charge in [0.1, 0.15) is 11.5 Å². The molecule has 6 nitrogen and oxygen atoms in total. The van der Waals surface area contributed by atoms with Gasteiger partial charge in [-0.2, -0.15) is 0 Å². The normalized spacial score (nSPS) is 16.6. The maximum absolute atomic E-state index is 12.7. The fourth-order valence-electron chi connectivity index (χ4n) is 3.78. The van der Waals surface area contributed by atoms with E-state index in [-0.39, 0.29) is 17.6 Å². The van der Waals surface area contributed by atoms with Crippen LogP contribution in [0.15, 0.2) is 57.5 Å². The van der Waals surface area contributed by atoms with Crippen molar-refractivity contribution < 1.29 is 13.7 Å². The molecule has 3 aromatic rings. The van der Waals surface area contributed by atoms with Crippen LogP contribution in [0.3, 0.4) is 0 Å². The number of hydrogen-bond acceptors (Lipinski definition) is 5. The first-order chi connectivity index (χ1) is 14.1. The Morgan fingerprint density at radius 2 is 1.97 bits per heavy atom. The minimum Gasteiger partial charge on any atom is -0.465 e. The number of aromatic nitrogens is 1. The third-order valence-electron chi connectivity index (χ3n) is 5.61. The number of likely N-dealkylation sites (tertiary alicyclic amines) is 1. The lowest BCUT2D eigenvalue weighted by atomic mass is 9.97. The van der Waals surface area contributed by atoms with Crippen molar-refractivity contribution in [1.29, 1.82) is 0 Å². The number of aryl methyl sites for hydroxylation is 1. The van der Waals surface area contributed by atoms with Crippen molar-refractivity contribution in [3.05, 3.63) is 65.7 Å². The molecule has 6 heteroatoms. The van der Waals surface area contributed by atoms with Crippen LogP contribution in [0.2, 0.25) is 0 Å². The first-order valence-electron chi connectivity index (χ1n) is 10.2. The van der Waals surface area contributed by atoms with E-state index < -0.39 is 0 Å². The summed E-state index contributed by atoms with van der Waals surface area (Å²) >= 11 is 0. The van der Waals surface area contributed by atoms with Crippen LogP contribution in [0.5, 0.6) is 0 Å². The summed E-state index contributed by atoms with van der Waals surface area (Å²) in [6.07, 6.45) is 2.32. The lowest BCUT2D eigenvalue weighted by Gasteiger charge is -2.35. The Balaban J connectivity index is 1.44. The summed E-state index contributed by atoms with van der Waals surface area (Å²) in [5.74, 6) is 2.85. The molecule has 2 aromatic heterocycles. The van der Waals surface area contributed by atoms with E-state index in [0.717, 1.165) is 48.9 Å². The van der Waals surface area contributed by atoms with Crippen molar-refractivity contribution in [2.75, 3.05) is 19.6 Å². The van der Waals surface area contributed by atoms with Crippen molar-refractivity contribution >= 4 is 5.91 Å². The lowest BCUT2D eigenvalue weighted by molar-refractivity contribution is 0.0887. The second kappa shape index (κ2) is 8.66. The molecule has 1 fully saturated rings. The fourth-order valence-corrected chi connectivity index (χ4v) is 3.78. The summed E-state index contributed by atoms with van der Waals surface area (Å²) in [4.78, 5) is 15.1. The SMILES string of the molecule is Cc1ccc([C@@H](CNC(=O)c2cc(-c3ccccc3)on2)N2CCC(C)CC2)o1. The maximum atomic E-state index is 12.7. The van der Waals surface area contributed by atoms with Gasteiger partial charge < -0.3 is 14.3 Å². The Morgan fingerprint density at radius 3 is 2.66 bits per heavy atom. The van der Waals surface area contributed by atoms with Gasteiger partial charge in [0.2, 0.25) is 0 Å². The molecule has 1 N–H and O–H groups in total. The lowest BCUT2D eigenvalue weighted by Crippen LogP contribution is -2.41. The molecule has 1 aliphatic heterocycles. The molecule has 0 spiro atoms. The van der Waals surface area contributed by atoms with E-state index in [1.165, 1.54) is 0 Å². The van der Waals surface area contributed by atoms with E-state index in [2.05, 4.69) is 22.3 Å². The average molecular weight is 393 g/mol. The number of nitrogens with zero attached hydrogens (tertiary/aromatic N) is 2. The highest BCUT2D eigenvalue weighted by molar-refractivity contribution is 5.93. The van der Waals surface area contributed by atoms with Crippen LogP contribution < -0.4 is 5.32 Å². The number of rotatable bonds is 6. The van der Waals surface area contributed by atoms with Crippen LogP contribution in [0.25, 0.3) is 11.3 Å². The van der Waals surface area contributed by atoms with E-state index in [4.69, 9.17) is 8.94 Å². The van der Waals surface area contributed by atoms with Gasteiger partial charge in [-0.15, -0.1) is 0 Å². The summed E-state index contributed by atoms with van der Waals surface area (Å²) in [5.41, 5.74) is 1.18. The zero-order chi connectivity index (χ0) is 20.2. The van der Waals surface area contributed by atoms with Gasteiger partial charge in [0.05, 0.1) is 6.04 Å². The van der Waals surface area contributed by atoms with Gasteiger partial charge in [0, 0.05) is 18.2 Å². The largest absolute Gasteiger partial charge is 0.465 e. The molecule has 1 atom stereocenters. The number of nitrogens with one attached hydrogen (secondary N) is 1. The number of carbonyl (C=O) groups is 1. The third-order valence-corrected chi connectivity index (χ3v) is 5.61. The Morgan fingerprint density at radius 1 is 1.21 bits per heavy atom. The zero-order valence-corrected chi connectivity index (χ0v) is 16.9. The molecule has 0 saturated carbocycles. The molecule has 1 aliphatic rings. The van der Waals surface area contributed by atoms with Crippen LogP contribution in [0.1, 0.15) is 47.8 Å². The number of carbonyl (C=O) groups excluding carboxylic acids is 1. The Kier molecular flexibility index (Phi) is 5.81. The van der Waals surface area contributed by atoms with Crippen LogP contribution in [-0.2, 0) is 0 Å². The molecule has 1 saturated heterocycles. The van der Waals surface area contributed by atoms with Crippen molar-refractivity contribution in [3.8, 4) is 11.3 Å². The predicted molar refractivity (Wildman–Crippen MR) is 110 cm³/mol. The molecule has 0 unspecified atom stereocenters. The second-order valence-electron chi connectivity index (χ2n) is 7.84. The molecular formula is C23H27N3O3. The van der Waals surface area contributed by atoms with Gasteiger partial charge in [-0.3, -0.25) is 9.69 Å². The van der Waals surface area contributed by atoms with E-state index in [1.54, 1.807) is 6.07 Å². The van der Waals surface area contributed by atoms with E-state index in [0.29, 0.717) is 12.3 Å². The molecule has 1 amide bonds. The van der Waals surface area contributed by atoms with E-state index >= 15 is 0 Å². The highest BCUT2D eigenvalue weighted by Crippen LogP contribution is 2.28. The Bertz CT molecular complexity index is 939. The number of hydrogen-bond donors (Lipinski definition) is 1. The maximum Gasteiger partial charge on any atom is 0.273 e. The Hall–Kier alpha value is -2.86. The molecule has 4 rings (SSSR count). The van der Waals surface area contributed by atoms with Crippen molar-refractivity contribution in [3.63, 3.8) is 0 Å². The van der Waals surface area contributed by atoms with Crippen LogP contribution in [0.4, 0.5) is 0 Å². The molecule has 1 aromatic carbocycles. The summed E-state index contributed by atoms with van der Waals surface area (Å²) in [6, 6.07) is 15.3. The van der Waals surface area contributed by atoms with Gasteiger partial charge in [-0.25, -0.2) is 0 Å². The number of piperidine rings is 1. The summed E-state index contributed by atoms with van der Waals surface area (Å²) in [7, 11) is 0. The highest BCUT2D eigenvalue weighted by Gasteiger charge is 2.27. The topological polar surface area (TPSA) is 71.5 Å². The minimum absolute atomic E-state index is 0.0145. The number of amides is 1. The highest BCUT2D eigenvalue weighted by atomic mass is 16.5. The molecule has 0 bridgehead atoms. The van der Waals surface area contributed by atoms with Crippen LogP contribution >= 0.6 is 0 Å². The zero-order valence-electron chi connectivity index (χ0n) is 16.9. The summed E-state index contributed by atoms with van der Waals surface area (Å²) in [6.45, 7) is 6.71. The first-order valence-corrected chi connectivity index (χ1v) is 10.2. The molecular weight excluding hydrogens is 366 g/mol. The fraction of sp³-hybridized carbons (Fsp3) is 0.391. The van der Waals surface area contributed by atoms with E-state index in [1.807, 2.05) is 49.4 Å². The van der Waals surface area contributed by atoms with Crippen molar-refractivity contribution in [2.24, 2.45) is 5.92 Å². The van der Waals surface area contributed by atoms with Crippen LogP contribution in [-0.4, -0.2) is 35.6 Å². The summed E-state index contributed by atoms with van der Waals surface area (Å²) in [5, 5.41) is 6.96. The van der Waals surface area contributed by atoms with Gasteiger partial charge in [-0.05, 0) is 50.9 Å². The predicted octanol–water partition coefficient (Wildman–Crippen LogP) is 4.45. The van der Waals surface area contributed by atoms with Crippen molar-refractivity contribution in [1.82, 2.24) is 15.4 Å². The Labute approximate surface area is 170 Å². The minimum atomic E-state index is -0.241. The van der Waals surface area contributed by atoms with Gasteiger partial charge in [0.25, 0.3) is 5.91 Å². The number of benzene rings is 1. The molecule has 3 heterocycles. The smallest absolute Gasteiger partial charge is 0.273 e. The second-order valence-corrected chi connectivity index (χ2v) is 7.84. The quantitative estimate of drug-likeness (QED) is 0.670. The van der Waals surface area contributed by atoms with Crippen LogP contribution in [0, 0.1) is 12.8 Å². The van der Waals surface area contributed by atoms with Crippen molar-refractivity contribution in [2.45, 2.75) is 32.7 Å². The standard InChI is InChI=1S/C23H27N3O3/c1-16-10-12-26(13-11-16)20(21-9-8-17(2)28-21)15-24-23(27)19-14-22(29-25-19)18-6-4-3-5-7-18/h3-9,14,16,20H,10-13,15H2,1-2H3,(H,24,27)/t20-/m1/s1. The van der Waals surface area contributed by atoms with Gasteiger partial charge in [0.15, 0.2) is 11.5 Å². The monoisotopic (exact) mass is 393 g/mol. The molecule has 0 aliphatic carbocycles. The van der Waals surface area contributed by atoms with Gasteiger partial charge >= 0.3 is 0 Å². The third kappa shape index (κ3) is 4.59. The molecule has 29 heavy (non-hydrogen) atoms.